The van der Waals surface area contributed by atoms with E-state index in [4.69, 9.17) is 5.11 Å². The second-order valence-electron chi connectivity index (χ2n) is 4.33. The van der Waals surface area contributed by atoms with Crippen molar-refractivity contribution in [3.05, 3.63) is 29.8 Å². The normalized spacial score (nSPS) is 11.9. The third kappa shape index (κ3) is 5.34. The van der Waals surface area contributed by atoms with Gasteiger partial charge in [0.15, 0.2) is 0 Å². The predicted molar refractivity (Wildman–Crippen MR) is 78.7 cm³/mol. The van der Waals surface area contributed by atoms with Crippen LogP contribution in [0.5, 0.6) is 0 Å². The molecule has 0 bridgehead atoms. The average Bonchev–Trinajstić information content (AvgIpc) is 2.39. The Labute approximate surface area is 117 Å². The fourth-order valence-corrected chi connectivity index (χ4v) is 2.03. The van der Waals surface area contributed by atoms with Crippen molar-refractivity contribution >= 4 is 29.3 Å². The number of aliphatic carboxylic acids is 1. The molecule has 1 atom stereocenters. The van der Waals surface area contributed by atoms with Crippen LogP contribution in [0.2, 0.25) is 0 Å². The van der Waals surface area contributed by atoms with E-state index in [1.807, 2.05) is 6.26 Å². The molecule has 0 aliphatic rings. The van der Waals surface area contributed by atoms with Crippen molar-refractivity contribution in [2.45, 2.75) is 25.7 Å². The first-order valence-electron chi connectivity index (χ1n) is 6.16. The van der Waals surface area contributed by atoms with E-state index >= 15 is 0 Å². The van der Waals surface area contributed by atoms with Crippen LogP contribution in [0.25, 0.3) is 0 Å². The molecule has 0 aliphatic heterocycles. The Kier molecular flexibility index (Phi) is 6.42. The molecule has 0 aliphatic carbocycles. The Morgan fingerprint density at radius 2 is 1.95 bits per heavy atom. The van der Waals surface area contributed by atoms with Crippen LogP contribution >= 0.6 is 11.8 Å². The number of nitrogens with one attached hydrogen (secondary N) is 1. The van der Waals surface area contributed by atoms with Gasteiger partial charge in [-0.3, -0.25) is 9.59 Å². The lowest BCUT2D eigenvalue weighted by atomic mass is 10.0. The van der Waals surface area contributed by atoms with E-state index in [9.17, 15) is 9.59 Å². The van der Waals surface area contributed by atoms with Gasteiger partial charge in [-0.25, -0.2) is 0 Å². The summed E-state index contributed by atoms with van der Waals surface area (Å²) in [6, 6.07) is 6.94. The van der Waals surface area contributed by atoms with Crippen molar-refractivity contribution in [1.29, 1.82) is 0 Å². The Morgan fingerprint density at radius 1 is 1.32 bits per heavy atom. The molecule has 0 saturated carbocycles. The number of carbonyl (C=O) groups is 2. The molecule has 4 nitrogen and oxygen atoms in total. The first-order chi connectivity index (χ1) is 9.04. The van der Waals surface area contributed by atoms with E-state index in [-0.39, 0.29) is 5.91 Å². The number of benzene rings is 1. The van der Waals surface area contributed by atoms with Gasteiger partial charge in [-0.2, -0.15) is 11.8 Å². The molecule has 19 heavy (non-hydrogen) atoms. The van der Waals surface area contributed by atoms with E-state index in [2.05, 4.69) is 5.32 Å². The highest BCUT2D eigenvalue weighted by atomic mass is 32.2. The summed E-state index contributed by atoms with van der Waals surface area (Å²) < 4.78 is 0. The van der Waals surface area contributed by atoms with E-state index in [0.717, 1.165) is 17.7 Å². The molecule has 1 unspecified atom stereocenters. The Morgan fingerprint density at radius 3 is 2.47 bits per heavy atom. The first kappa shape index (κ1) is 15.6. The molecule has 1 aromatic carbocycles. The second-order valence-corrected chi connectivity index (χ2v) is 5.31. The fourth-order valence-electron chi connectivity index (χ4n) is 1.60. The monoisotopic (exact) mass is 281 g/mol. The molecule has 0 heterocycles. The number of amides is 1. The Hall–Kier alpha value is -1.49. The molecule has 0 spiro atoms. The summed E-state index contributed by atoms with van der Waals surface area (Å²) in [6.45, 7) is 1.64. The minimum atomic E-state index is -0.853. The number of thioether (sulfide) groups is 1. The molecule has 0 saturated heterocycles. The Balaban J connectivity index is 2.52. The van der Waals surface area contributed by atoms with E-state index in [0.29, 0.717) is 12.1 Å². The quantitative estimate of drug-likeness (QED) is 0.754. The molecule has 1 aromatic rings. The number of hydrogen-bond donors (Lipinski definition) is 2. The van der Waals surface area contributed by atoms with Crippen LogP contribution in [-0.4, -0.2) is 29.0 Å². The zero-order valence-corrected chi connectivity index (χ0v) is 12.0. The highest BCUT2D eigenvalue weighted by Gasteiger charge is 2.13. The van der Waals surface area contributed by atoms with Crippen molar-refractivity contribution in [2.24, 2.45) is 0 Å². The van der Waals surface area contributed by atoms with Gasteiger partial charge in [-0.15, -0.1) is 0 Å². The van der Waals surface area contributed by atoms with Gasteiger partial charge in [0.05, 0.1) is 5.92 Å². The first-order valence-corrected chi connectivity index (χ1v) is 7.55. The van der Waals surface area contributed by atoms with Gasteiger partial charge < -0.3 is 10.4 Å². The zero-order chi connectivity index (χ0) is 14.3. The summed E-state index contributed by atoms with van der Waals surface area (Å²) in [4.78, 5) is 22.4. The topological polar surface area (TPSA) is 66.4 Å². The summed E-state index contributed by atoms with van der Waals surface area (Å²) in [5.74, 6) is -0.420. The highest BCUT2D eigenvalue weighted by molar-refractivity contribution is 7.98. The van der Waals surface area contributed by atoms with Gasteiger partial charge in [0.1, 0.15) is 0 Å². The van der Waals surface area contributed by atoms with Crippen molar-refractivity contribution in [1.82, 2.24) is 0 Å². The molecular weight excluding hydrogens is 262 g/mol. The van der Waals surface area contributed by atoms with Crippen molar-refractivity contribution in [3.8, 4) is 0 Å². The molecule has 104 valence electrons. The van der Waals surface area contributed by atoms with Gasteiger partial charge in [0.2, 0.25) is 5.91 Å². The Bertz CT molecular complexity index is 431. The van der Waals surface area contributed by atoms with Gasteiger partial charge >= 0.3 is 5.97 Å². The number of anilines is 1. The summed E-state index contributed by atoms with van der Waals surface area (Å²) in [5.41, 5.74) is 1.43. The second kappa shape index (κ2) is 7.84. The maximum Gasteiger partial charge on any atom is 0.310 e. The molecule has 0 radical (unpaired) electrons. The van der Waals surface area contributed by atoms with Crippen LogP contribution in [0.3, 0.4) is 0 Å². The van der Waals surface area contributed by atoms with Crippen molar-refractivity contribution < 1.29 is 14.7 Å². The zero-order valence-electron chi connectivity index (χ0n) is 11.2. The summed E-state index contributed by atoms with van der Waals surface area (Å²) in [6.07, 6.45) is 3.38. The maximum absolute atomic E-state index is 11.6. The fraction of sp³-hybridized carbons (Fsp3) is 0.429. The largest absolute Gasteiger partial charge is 0.481 e. The third-order valence-electron chi connectivity index (χ3n) is 2.82. The minimum absolute atomic E-state index is 0.00640. The van der Waals surface area contributed by atoms with Gasteiger partial charge in [-0.05, 0) is 43.0 Å². The number of carboxylic acid groups (broad SMARTS) is 1. The van der Waals surface area contributed by atoms with Gasteiger partial charge in [-0.1, -0.05) is 12.1 Å². The van der Waals surface area contributed by atoms with Crippen LogP contribution in [0.4, 0.5) is 5.69 Å². The molecular formula is C14H19NO3S. The number of carbonyl (C=O) groups excluding carboxylic acids is 1. The van der Waals surface area contributed by atoms with Crippen molar-refractivity contribution in [2.75, 3.05) is 17.3 Å². The van der Waals surface area contributed by atoms with E-state index in [1.165, 1.54) is 0 Å². The summed E-state index contributed by atoms with van der Waals surface area (Å²) in [7, 11) is 0. The SMILES string of the molecule is CSCCCC(=O)Nc1ccc(C(C)C(=O)O)cc1. The van der Waals surface area contributed by atoms with Gasteiger partial charge in [0.25, 0.3) is 0 Å². The molecule has 1 amide bonds. The molecule has 1 rings (SSSR count). The maximum atomic E-state index is 11.6. The lowest BCUT2D eigenvalue weighted by molar-refractivity contribution is -0.138. The highest BCUT2D eigenvalue weighted by Crippen LogP contribution is 2.18. The average molecular weight is 281 g/mol. The molecule has 0 aromatic heterocycles. The lowest BCUT2D eigenvalue weighted by Gasteiger charge is -2.09. The summed E-state index contributed by atoms with van der Waals surface area (Å²) in [5, 5.41) is 11.7. The molecule has 5 heteroatoms. The smallest absolute Gasteiger partial charge is 0.310 e. The molecule has 2 N–H and O–H groups in total. The summed E-state index contributed by atoms with van der Waals surface area (Å²) >= 11 is 1.72. The van der Waals surface area contributed by atoms with E-state index < -0.39 is 11.9 Å². The van der Waals surface area contributed by atoms with Gasteiger partial charge in [0, 0.05) is 12.1 Å². The lowest BCUT2D eigenvalue weighted by Crippen LogP contribution is -2.12. The number of hydrogen-bond acceptors (Lipinski definition) is 3. The standard InChI is InChI=1S/C14H19NO3S/c1-10(14(17)18)11-5-7-12(8-6-11)15-13(16)4-3-9-19-2/h5-8,10H,3-4,9H2,1-2H3,(H,15,16)(H,17,18). The van der Waals surface area contributed by atoms with Crippen LogP contribution in [-0.2, 0) is 9.59 Å². The molecule has 0 fully saturated rings. The third-order valence-corrected chi connectivity index (χ3v) is 3.51. The number of carboxylic acids is 1. The van der Waals surface area contributed by atoms with Crippen LogP contribution < -0.4 is 5.32 Å². The van der Waals surface area contributed by atoms with E-state index in [1.54, 1.807) is 43.0 Å². The van der Waals surface area contributed by atoms with Crippen molar-refractivity contribution in [3.63, 3.8) is 0 Å². The van der Waals surface area contributed by atoms with Crippen LogP contribution in [0.15, 0.2) is 24.3 Å². The predicted octanol–water partition coefficient (Wildman–Crippen LogP) is 2.96. The van der Waals surface area contributed by atoms with Crippen LogP contribution in [0.1, 0.15) is 31.2 Å². The van der Waals surface area contributed by atoms with Crippen LogP contribution in [0, 0.1) is 0 Å². The minimum Gasteiger partial charge on any atom is -0.481 e. The number of rotatable bonds is 7.